The molecule has 0 saturated heterocycles. The summed E-state index contributed by atoms with van der Waals surface area (Å²) in [6.07, 6.45) is 2.57. The highest BCUT2D eigenvalue weighted by Crippen LogP contribution is 2.27. The Morgan fingerprint density at radius 2 is 2.09 bits per heavy atom. The lowest BCUT2D eigenvalue weighted by Gasteiger charge is -2.14. The smallest absolute Gasteiger partial charge is 0.133 e. The van der Waals surface area contributed by atoms with Gasteiger partial charge in [0.05, 0.1) is 10.6 Å². The summed E-state index contributed by atoms with van der Waals surface area (Å²) in [4.78, 5) is 10.2. The van der Waals surface area contributed by atoms with Gasteiger partial charge in [0, 0.05) is 37.0 Å². The minimum Gasteiger partial charge on any atom is -0.396 e. The summed E-state index contributed by atoms with van der Waals surface area (Å²) in [5.41, 5.74) is 2.06. The van der Waals surface area contributed by atoms with Gasteiger partial charge in [-0.25, -0.2) is 4.98 Å². The van der Waals surface area contributed by atoms with Gasteiger partial charge in [-0.15, -0.1) is 22.7 Å². The fourth-order valence-electron chi connectivity index (χ4n) is 2.32. The molecule has 0 aliphatic carbocycles. The summed E-state index contributed by atoms with van der Waals surface area (Å²) < 4.78 is 0. The molecule has 3 heterocycles. The number of rotatable bonds is 8. The number of thiophene rings is 1. The van der Waals surface area contributed by atoms with Gasteiger partial charge in [0.1, 0.15) is 5.01 Å². The molecule has 23 heavy (non-hydrogen) atoms. The van der Waals surface area contributed by atoms with Crippen molar-refractivity contribution in [2.24, 2.45) is 5.92 Å². The average Bonchev–Trinajstić information content (AvgIpc) is 3.26. The normalized spacial score (nSPS) is 12.4. The molecule has 1 unspecified atom stereocenters. The Labute approximate surface area is 143 Å². The zero-order valence-corrected chi connectivity index (χ0v) is 14.3. The molecule has 2 N–H and O–H groups in total. The third kappa shape index (κ3) is 4.68. The van der Waals surface area contributed by atoms with Crippen molar-refractivity contribution >= 4 is 22.7 Å². The molecular formula is C17H19N3OS2. The van der Waals surface area contributed by atoms with Gasteiger partial charge in [-0.3, -0.25) is 4.98 Å². The Hall–Kier alpha value is -1.60. The highest BCUT2D eigenvalue weighted by molar-refractivity contribution is 7.20. The summed E-state index contributed by atoms with van der Waals surface area (Å²) in [5.74, 6) is 0.167. The van der Waals surface area contributed by atoms with Crippen molar-refractivity contribution in [1.29, 1.82) is 0 Å². The Morgan fingerprint density at radius 1 is 1.13 bits per heavy atom. The van der Waals surface area contributed by atoms with Crippen LogP contribution in [0.2, 0.25) is 0 Å². The van der Waals surface area contributed by atoms with E-state index in [0.717, 1.165) is 35.9 Å². The number of aromatic nitrogens is 2. The number of nitrogens with one attached hydrogen (secondary N) is 1. The zero-order valence-electron chi connectivity index (χ0n) is 12.7. The predicted octanol–water partition coefficient (Wildman–Crippen LogP) is 3.21. The van der Waals surface area contributed by atoms with Crippen LogP contribution in [0, 0.1) is 5.92 Å². The number of hydrogen-bond acceptors (Lipinski definition) is 6. The van der Waals surface area contributed by atoms with Gasteiger partial charge in [-0.2, -0.15) is 0 Å². The molecule has 120 valence electrons. The molecule has 0 fully saturated rings. The van der Waals surface area contributed by atoms with Crippen molar-refractivity contribution < 1.29 is 5.11 Å². The van der Waals surface area contributed by atoms with E-state index < -0.39 is 0 Å². The topological polar surface area (TPSA) is 58.0 Å². The number of thiazole rings is 1. The van der Waals surface area contributed by atoms with Crippen molar-refractivity contribution in [3.63, 3.8) is 0 Å². The van der Waals surface area contributed by atoms with Crippen LogP contribution in [0.15, 0.2) is 47.3 Å². The molecule has 4 nitrogen and oxygen atoms in total. The Morgan fingerprint density at radius 3 is 2.83 bits per heavy atom. The lowest BCUT2D eigenvalue weighted by atomic mass is 10.0. The predicted molar refractivity (Wildman–Crippen MR) is 95.7 cm³/mol. The van der Waals surface area contributed by atoms with Gasteiger partial charge in [0.2, 0.25) is 0 Å². The quantitative estimate of drug-likeness (QED) is 0.658. The lowest BCUT2D eigenvalue weighted by Crippen LogP contribution is -2.26. The molecule has 0 aliphatic rings. The number of aliphatic hydroxyl groups is 1. The van der Waals surface area contributed by atoms with E-state index in [2.05, 4.69) is 32.1 Å². The molecule has 0 aliphatic heterocycles. The van der Waals surface area contributed by atoms with Gasteiger partial charge in [-0.05, 0) is 35.9 Å². The van der Waals surface area contributed by atoms with Gasteiger partial charge in [-0.1, -0.05) is 12.1 Å². The zero-order chi connectivity index (χ0) is 15.9. The van der Waals surface area contributed by atoms with Crippen LogP contribution < -0.4 is 5.32 Å². The summed E-state index contributed by atoms with van der Waals surface area (Å²) >= 11 is 3.38. The van der Waals surface area contributed by atoms with Crippen molar-refractivity contribution in [1.82, 2.24) is 15.3 Å². The van der Waals surface area contributed by atoms with Gasteiger partial charge in [0.15, 0.2) is 0 Å². The van der Waals surface area contributed by atoms with Crippen molar-refractivity contribution in [3.05, 3.63) is 58.7 Å². The number of aliphatic hydroxyl groups excluding tert-OH is 1. The van der Waals surface area contributed by atoms with E-state index in [0.29, 0.717) is 0 Å². The van der Waals surface area contributed by atoms with E-state index in [-0.39, 0.29) is 12.5 Å². The number of nitrogens with zero attached hydrogens (tertiary/aromatic N) is 2. The molecule has 1 atom stereocenters. The first kappa shape index (κ1) is 16.3. The molecular weight excluding hydrogens is 326 g/mol. The summed E-state index contributed by atoms with van der Waals surface area (Å²) in [7, 11) is 0. The van der Waals surface area contributed by atoms with E-state index >= 15 is 0 Å². The molecule has 0 spiro atoms. The first-order valence-corrected chi connectivity index (χ1v) is 9.31. The van der Waals surface area contributed by atoms with Crippen molar-refractivity contribution in [3.8, 4) is 9.88 Å². The molecule has 3 aromatic rings. The average molecular weight is 345 g/mol. The highest BCUT2D eigenvalue weighted by Gasteiger charge is 2.10. The number of hydrogen-bond donors (Lipinski definition) is 2. The second kappa shape index (κ2) is 8.31. The third-order valence-electron chi connectivity index (χ3n) is 3.50. The molecule has 0 bridgehead atoms. The fraction of sp³-hybridized carbons (Fsp3) is 0.294. The largest absolute Gasteiger partial charge is 0.396 e. The summed E-state index contributed by atoms with van der Waals surface area (Å²) in [5, 5.41) is 18.2. The van der Waals surface area contributed by atoms with E-state index in [1.807, 2.05) is 24.3 Å². The molecule has 0 radical (unpaired) electrons. The third-order valence-corrected chi connectivity index (χ3v) is 5.44. The maximum Gasteiger partial charge on any atom is 0.133 e. The van der Waals surface area contributed by atoms with Gasteiger partial charge < -0.3 is 10.4 Å². The molecule has 0 saturated carbocycles. The molecule has 6 heteroatoms. The first-order chi connectivity index (χ1) is 11.3. The van der Waals surface area contributed by atoms with Crippen LogP contribution in [0.4, 0.5) is 0 Å². The van der Waals surface area contributed by atoms with Crippen LogP contribution in [0.25, 0.3) is 9.88 Å². The van der Waals surface area contributed by atoms with E-state index in [9.17, 15) is 5.11 Å². The Balaban J connectivity index is 1.48. The summed E-state index contributed by atoms with van der Waals surface area (Å²) in [6.45, 7) is 1.63. The lowest BCUT2D eigenvalue weighted by molar-refractivity contribution is 0.220. The van der Waals surface area contributed by atoms with Crippen LogP contribution >= 0.6 is 22.7 Å². The second-order valence-corrected chi connectivity index (χ2v) is 7.13. The Kier molecular flexibility index (Phi) is 5.87. The highest BCUT2D eigenvalue weighted by atomic mass is 32.1. The molecule has 3 aromatic heterocycles. The maximum atomic E-state index is 9.53. The molecule has 0 aromatic carbocycles. The SMILES string of the molecule is OCC(CNCc1csc(-c2cccs2)n1)Cc1ccccn1. The standard InChI is InChI=1S/C17H19N3OS2/c21-11-13(8-14-4-1-2-6-19-14)9-18-10-15-12-23-17(20-15)16-5-3-7-22-16/h1-7,12-13,18,21H,8-11H2. The van der Waals surface area contributed by atoms with E-state index in [4.69, 9.17) is 0 Å². The molecule has 0 amide bonds. The van der Waals surface area contributed by atoms with E-state index in [1.165, 1.54) is 4.88 Å². The number of pyridine rings is 1. The minimum atomic E-state index is 0.154. The second-order valence-electron chi connectivity index (χ2n) is 5.33. The monoisotopic (exact) mass is 345 g/mol. The van der Waals surface area contributed by atoms with Crippen LogP contribution in [0.1, 0.15) is 11.4 Å². The first-order valence-electron chi connectivity index (χ1n) is 7.55. The molecule has 3 rings (SSSR count). The van der Waals surface area contributed by atoms with E-state index in [1.54, 1.807) is 28.9 Å². The van der Waals surface area contributed by atoms with Crippen LogP contribution in [-0.2, 0) is 13.0 Å². The van der Waals surface area contributed by atoms with Gasteiger partial charge in [0.25, 0.3) is 0 Å². The van der Waals surface area contributed by atoms with Gasteiger partial charge >= 0.3 is 0 Å². The maximum absolute atomic E-state index is 9.53. The summed E-state index contributed by atoms with van der Waals surface area (Å²) in [6, 6.07) is 10.0. The van der Waals surface area contributed by atoms with Crippen LogP contribution in [0.3, 0.4) is 0 Å². The Bertz CT molecular complexity index is 698. The van der Waals surface area contributed by atoms with Crippen LogP contribution in [0.5, 0.6) is 0 Å². The van der Waals surface area contributed by atoms with Crippen LogP contribution in [-0.4, -0.2) is 28.2 Å². The minimum absolute atomic E-state index is 0.154. The fourth-order valence-corrected chi connectivity index (χ4v) is 3.96. The van der Waals surface area contributed by atoms with Crippen molar-refractivity contribution in [2.45, 2.75) is 13.0 Å². The van der Waals surface area contributed by atoms with Crippen molar-refractivity contribution in [2.75, 3.05) is 13.2 Å².